The predicted octanol–water partition coefficient (Wildman–Crippen LogP) is 0.0661. The molecule has 5 nitrogen and oxygen atoms in total. The number of β-amino-alcohol motifs (C(OH)–C–C–N with tert-alkyl or cyclic N) is 2. The molecule has 0 bridgehead atoms. The Morgan fingerprint density at radius 3 is 2.06 bits per heavy atom. The van der Waals surface area contributed by atoms with E-state index in [1.807, 2.05) is 0 Å². The van der Waals surface area contributed by atoms with Gasteiger partial charge < -0.3 is 10.2 Å². The van der Waals surface area contributed by atoms with Crippen molar-refractivity contribution in [3.63, 3.8) is 0 Å². The minimum absolute atomic E-state index is 0.0911. The third kappa shape index (κ3) is 2.46. The van der Waals surface area contributed by atoms with Crippen LogP contribution in [0.3, 0.4) is 0 Å². The Labute approximate surface area is 104 Å². The van der Waals surface area contributed by atoms with Crippen LogP contribution in [-0.4, -0.2) is 48.2 Å². The first-order chi connectivity index (χ1) is 7.91. The molecule has 2 atom stereocenters. The molecule has 17 heavy (non-hydrogen) atoms. The van der Waals surface area contributed by atoms with Crippen LogP contribution in [0.5, 0.6) is 0 Å². The second kappa shape index (κ2) is 4.55. The van der Waals surface area contributed by atoms with E-state index in [0.717, 1.165) is 4.31 Å². The highest BCUT2D eigenvalue weighted by Gasteiger charge is 2.37. The number of aliphatic hydroxyl groups excluding tert-OH is 2. The molecular weight excluding hydrogens is 266 g/mol. The highest BCUT2D eigenvalue weighted by Crippen LogP contribution is 2.22. The molecule has 94 valence electrons. The molecular formula is C10H12ClNO4S. The molecule has 7 heteroatoms. The van der Waals surface area contributed by atoms with Gasteiger partial charge in [-0.1, -0.05) is 11.6 Å². The fraction of sp³-hybridized carbons (Fsp3) is 0.400. The van der Waals surface area contributed by atoms with Crippen LogP contribution < -0.4 is 0 Å². The maximum atomic E-state index is 12.1. The summed E-state index contributed by atoms with van der Waals surface area (Å²) >= 11 is 5.68. The molecule has 2 N–H and O–H groups in total. The molecule has 0 radical (unpaired) electrons. The molecule has 1 fully saturated rings. The summed E-state index contributed by atoms with van der Waals surface area (Å²) in [6.45, 7) is -0.182. The van der Waals surface area contributed by atoms with Gasteiger partial charge in [0.05, 0.1) is 17.1 Å². The lowest BCUT2D eigenvalue weighted by Gasteiger charge is -2.15. The molecule has 0 aliphatic carbocycles. The number of hydrogen-bond donors (Lipinski definition) is 2. The summed E-state index contributed by atoms with van der Waals surface area (Å²) in [6, 6.07) is 5.76. The number of rotatable bonds is 2. The maximum absolute atomic E-state index is 12.1. The fourth-order valence-electron chi connectivity index (χ4n) is 1.69. The van der Waals surface area contributed by atoms with E-state index in [2.05, 4.69) is 0 Å². The van der Waals surface area contributed by atoms with Crippen LogP contribution in [0.4, 0.5) is 0 Å². The molecule has 1 heterocycles. The zero-order chi connectivity index (χ0) is 12.6. The fourth-order valence-corrected chi connectivity index (χ4v) is 3.29. The van der Waals surface area contributed by atoms with E-state index < -0.39 is 22.2 Å². The second-order valence-corrected chi connectivity index (χ2v) is 6.29. The summed E-state index contributed by atoms with van der Waals surface area (Å²) in [4.78, 5) is 0.100. The van der Waals surface area contributed by atoms with E-state index >= 15 is 0 Å². The number of hydrogen-bond acceptors (Lipinski definition) is 4. The van der Waals surface area contributed by atoms with Crippen LogP contribution >= 0.6 is 11.6 Å². The normalized spacial score (nSPS) is 26.3. The van der Waals surface area contributed by atoms with Crippen molar-refractivity contribution < 1.29 is 18.6 Å². The minimum atomic E-state index is -3.67. The highest BCUT2D eigenvalue weighted by molar-refractivity contribution is 7.89. The predicted molar refractivity (Wildman–Crippen MR) is 62.2 cm³/mol. The number of sulfonamides is 1. The van der Waals surface area contributed by atoms with Gasteiger partial charge in [0, 0.05) is 18.1 Å². The summed E-state index contributed by atoms with van der Waals surface area (Å²) in [5.74, 6) is 0. The Bertz CT molecular complexity index is 492. The molecule has 0 saturated carbocycles. The van der Waals surface area contributed by atoms with Gasteiger partial charge in [-0.3, -0.25) is 0 Å². The van der Waals surface area contributed by atoms with E-state index in [4.69, 9.17) is 11.6 Å². The minimum Gasteiger partial charge on any atom is -0.389 e. The van der Waals surface area contributed by atoms with Crippen molar-refractivity contribution in [2.24, 2.45) is 0 Å². The summed E-state index contributed by atoms with van der Waals surface area (Å²) in [6.07, 6.45) is -2.06. The van der Waals surface area contributed by atoms with Gasteiger partial charge in [0.25, 0.3) is 0 Å². The molecule has 1 aliphatic rings. The van der Waals surface area contributed by atoms with Crippen molar-refractivity contribution in [2.45, 2.75) is 17.1 Å². The average Bonchev–Trinajstić information content (AvgIpc) is 2.60. The SMILES string of the molecule is O=S(=O)(c1ccc(Cl)cc1)N1C[C@@H](O)[C@@H](O)C1. The summed E-state index contributed by atoms with van der Waals surface area (Å²) in [5.41, 5.74) is 0. The molecule has 1 aromatic rings. The zero-order valence-corrected chi connectivity index (χ0v) is 10.4. The topological polar surface area (TPSA) is 77.8 Å². The monoisotopic (exact) mass is 277 g/mol. The Kier molecular flexibility index (Phi) is 3.42. The standard InChI is InChI=1S/C10H12ClNO4S/c11-7-1-3-8(4-2-7)17(15,16)12-5-9(13)10(14)6-12/h1-4,9-10,13-14H,5-6H2/t9-,10+. The van der Waals surface area contributed by atoms with Crippen LogP contribution in [0, 0.1) is 0 Å². The van der Waals surface area contributed by atoms with Crippen molar-refractivity contribution in [1.82, 2.24) is 4.31 Å². The number of nitrogens with zero attached hydrogens (tertiary/aromatic N) is 1. The van der Waals surface area contributed by atoms with Gasteiger partial charge in [-0.2, -0.15) is 4.31 Å². The van der Waals surface area contributed by atoms with Crippen LogP contribution in [0.1, 0.15) is 0 Å². The van der Waals surface area contributed by atoms with Crippen LogP contribution in [0.15, 0.2) is 29.2 Å². The molecule has 1 saturated heterocycles. The smallest absolute Gasteiger partial charge is 0.243 e. The second-order valence-electron chi connectivity index (χ2n) is 3.91. The quantitative estimate of drug-likeness (QED) is 0.802. The van der Waals surface area contributed by atoms with Gasteiger partial charge in [0.1, 0.15) is 0 Å². The lowest BCUT2D eigenvalue weighted by Crippen LogP contribution is -2.29. The molecule has 2 rings (SSSR count). The van der Waals surface area contributed by atoms with Gasteiger partial charge in [-0.25, -0.2) is 8.42 Å². The zero-order valence-electron chi connectivity index (χ0n) is 8.82. The van der Waals surface area contributed by atoms with E-state index in [9.17, 15) is 18.6 Å². The Balaban J connectivity index is 2.28. The van der Waals surface area contributed by atoms with Gasteiger partial charge in [-0.15, -0.1) is 0 Å². The molecule has 0 spiro atoms. The molecule has 1 aromatic carbocycles. The molecule has 0 aromatic heterocycles. The first-order valence-corrected chi connectivity index (χ1v) is 6.85. The van der Waals surface area contributed by atoms with Gasteiger partial charge in [0.15, 0.2) is 0 Å². The summed E-state index contributed by atoms with van der Waals surface area (Å²) in [5, 5.41) is 19.1. The average molecular weight is 278 g/mol. The van der Waals surface area contributed by atoms with Crippen LogP contribution in [-0.2, 0) is 10.0 Å². The van der Waals surface area contributed by atoms with E-state index in [0.29, 0.717) is 5.02 Å². The molecule has 0 unspecified atom stereocenters. The van der Waals surface area contributed by atoms with E-state index in [-0.39, 0.29) is 18.0 Å². The van der Waals surface area contributed by atoms with Gasteiger partial charge >= 0.3 is 0 Å². The maximum Gasteiger partial charge on any atom is 0.243 e. The van der Waals surface area contributed by atoms with E-state index in [1.165, 1.54) is 24.3 Å². The van der Waals surface area contributed by atoms with Gasteiger partial charge in [-0.05, 0) is 24.3 Å². The van der Waals surface area contributed by atoms with Crippen molar-refractivity contribution in [2.75, 3.05) is 13.1 Å². The van der Waals surface area contributed by atoms with Crippen LogP contribution in [0.25, 0.3) is 0 Å². The molecule has 0 amide bonds. The number of benzene rings is 1. The molecule has 1 aliphatic heterocycles. The lowest BCUT2D eigenvalue weighted by molar-refractivity contribution is 0.0572. The van der Waals surface area contributed by atoms with Crippen LogP contribution in [0.2, 0.25) is 5.02 Å². The third-order valence-corrected chi connectivity index (χ3v) is 4.77. The Morgan fingerprint density at radius 1 is 1.12 bits per heavy atom. The Hall–Kier alpha value is -0.660. The number of aliphatic hydroxyl groups is 2. The van der Waals surface area contributed by atoms with Crippen molar-refractivity contribution in [1.29, 1.82) is 0 Å². The van der Waals surface area contributed by atoms with E-state index in [1.54, 1.807) is 0 Å². The lowest BCUT2D eigenvalue weighted by atomic mass is 10.3. The summed E-state index contributed by atoms with van der Waals surface area (Å²) in [7, 11) is -3.67. The van der Waals surface area contributed by atoms with Crippen molar-refractivity contribution >= 4 is 21.6 Å². The highest BCUT2D eigenvalue weighted by atomic mass is 35.5. The Morgan fingerprint density at radius 2 is 1.59 bits per heavy atom. The van der Waals surface area contributed by atoms with Crippen molar-refractivity contribution in [3.8, 4) is 0 Å². The first kappa shape index (κ1) is 12.8. The third-order valence-electron chi connectivity index (χ3n) is 2.68. The number of halogens is 1. The van der Waals surface area contributed by atoms with Crippen molar-refractivity contribution in [3.05, 3.63) is 29.3 Å². The largest absolute Gasteiger partial charge is 0.389 e. The first-order valence-electron chi connectivity index (χ1n) is 5.03. The summed E-state index contributed by atoms with van der Waals surface area (Å²) < 4.78 is 25.3. The van der Waals surface area contributed by atoms with Gasteiger partial charge in [0.2, 0.25) is 10.0 Å².